The van der Waals surface area contributed by atoms with Gasteiger partial charge < -0.3 is 9.73 Å². The summed E-state index contributed by atoms with van der Waals surface area (Å²) >= 11 is 0. The Balaban J connectivity index is 1.73. The minimum absolute atomic E-state index is 0.344. The molecule has 1 heterocycles. The molecule has 0 bridgehead atoms. The van der Waals surface area contributed by atoms with E-state index in [1.54, 1.807) is 6.39 Å². The molecule has 2 aliphatic carbocycles. The van der Waals surface area contributed by atoms with Crippen LogP contribution in [-0.2, 0) is 12.0 Å². The van der Waals surface area contributed by atoms with Gasteiger partial charge in [-0.25, -0.2) is 4.98 Å². The first kappa shape index (κ1) is 9.40. The first-order valence-electron chi connectivity index (χ1n) is 6.00. The zero-order chi connectivity index (χ0) is 10.3. The molecule has 0 atom stereocenters. The van der Waals surface area contributed by atoms with Gasteiger partial charge in [0, 0.05) is 18.0 Å². The van der Waals surface area contributed by atoms with Crippen molar-refractivity contribution < 1.29 is 4.42 Å². The van der Waals surface area contributed by atoms with Crippen molar-refractivity contribution in [1.82, 2.24) is 10.3 Å². The Morgan fingerprint density at radius 3 is 2.93 bits per heavy atom. The molecule has 1 aromatic heterocycles. The van der Waals surface area contributed by atoms with E-state index in [-0.39, 0.29) is 0 Å². The Morgan fingerprint density at radius 2 is 2.33 bits per heavy atom. The van der Waals surface area contributed by atoms with Gasteiger partial charge in [-0.3, -0.25) is 0 Å². The minimum atomic E-state index is 0.344. The van der Waals surface area contributed by atoms with Gasteiger partial charge in [-0.1, -0.05) is 6.92 Å². The van der Waals surface area contributed by atoms with Crippen LogP contribution in [0.15, 0.2) is 10.8 Å². The Kier molecular flexibility index (Phi) is 2.09. The van der Waals surface area contributed by atoms with Crippen LogP contribution in [0.4, 0.5) is 0 Å². The largest absolute Gasteiger partial charge is 0.448 e. The number of hydrogen-bond donors (Lipinski definition) is 1. The maximum absolute atomic E-state index is 5.58. The second-order valence-corrected chi connectivity index (χ2v) is 4.92. The number of rotatable bonds is 5. The normalized spacial score (nSPS) is 23.0. The lowest BCUT2D eigenvalue weighted by atomic mass is 9.98. The lowest BCUT2D eigenvalue weighted by Gasteiger charge is -2.10. The topological polar surface area (TPSA) is 38.1 Å². The minimum Gasteiger partial charge on any atom is -0.448 e. The Bertz CT molecular complexity index is 350. The Morgan fingerprint density at radius 1 is 1.53 bits per heavy atom. The van der Waals surface area contributed by atoms with E-state index < -0.39 is 0 Å². The van der Waals surface area contributed by atoms with Gasteiger partial charge in [-0.2, -0.15) is 0 Å². The fourth-order valence-electron chi connectivity index (χ4n) is 2.25. The van der Waals surface area contributed by atoms with Gasteiger partial charge in [0.05, 0.1) is 5.69 Å². The van der Waals surface area contributed by atoms with E-state index in [1.807, 2.05) is 0 Å². The van der Waals surface area contributed by atoms with E-state index >= 15 is 0 Å². The summed E-state index contributed by atoms with van der Waals surface area (Å²) in [6.07, 6.45) is 7.98. The van der Waals surface area contributed by atoms with Crippen molar-refractivity contribution >= 4 is 0 Å². The van der Waals surface area contributed by atoms with E-state index in [1.165, 1.54) is 32.1 Å². The molecule has 1 aromatic rings. The molecule has 3 nitrogen and oxygen atoms in total. The van der Waals surface area contributed by atoms with Gasteiger partial charge in [0.25, 0.3) is 0 Å². The molecular weight excluding hydrogens is 188 g/mol. The maximum Gasteiger partial charge on any atom is 0.181 e. The third-order valence-corrected chi connectivity index (χ3v) is 3.79. The molecule has 2 saturated carbocycles. The Labute approximate surface area is 90.3 Å². The number of oxazole rings is 1. The van der Waals surface area contributed by atoms with Crippen LogP contribution >= 0.6 is 0 Å². The average molecular weight is 206 g/mol. The summed E-state index contributed by atoms with van der Waals surface area (Å²) in [5.41, 5.74) is 1.48. The van der Waals surface area contributed by atoms with Gasteiger partial charge in [0.1, 0.15) is 5.76 Å². The van der Waals surface area contributed by atoms with E-state index in [9.17, 15) is 0 Å². The highest BCUT2D eigenvalue weighted by Crippen LogP contribution is 2.51. The third kappa shape index (κ3) is 1.69. The summed E-state index contributed by atoms with van der Waals surface area (Å²) in [6.45, 7) is 3.13. The van der Waals surface area contributed by atoms with Gasteiger partial charge in [-0.15, -0.1) is 0 Å². The smallest absolute Gasteiger partial charge is 0.181 e. The molecule has 3 heteroatoms. The van der Waals surface area contributed by atoms with Crippen LogP contribution < -0.4 is 5.32 Å². The van der Waals surface area contributed by atoms with Crippen molar-refractivity contribution in [2.45, 2.75) is 57.0 Å². The first-order valence-corrected chi connectivity index (χ1v) is 6.00. The second-order valence-electron chi connectivity index (χ2n) is 4.92. The van der Waals surface area contributed by atoms with Crippen LogP contribution in [0.2, 0.25) is 0 Å². The van der Waals surface area contributed by atoms with Crippen molar-refractivity contribution in [2.75, 3.05) is 0 Å². The van der Waals surface area contributed by atoms with E-state index in [4.69, 9.17) is 4.42 Å². The molecule has 0 amide bonds. The van der Waals surface area contributed by atoms with Crippen LogP contribution in [0.1, 0.15) is 50.5 Å². The molecule has 1 N–H and O–H groups in total. The third-order valence-electron chi connectivity index (χ3n) is 3.79. The summed E-state index contributed by atoms with van der Waals surface area (Å²) in [6, 6.07) is 0.742. The molecule has 2 aliphatic rings. The van der Waals surface area contributed by atoms with Crippen LogP contribution in [0, 0.1) is 0 Å². The highest BCUT2D eigenvalue weighted by atomic mass is 16.3. The predicted molar refractivity (Wildman–Crippen MR) is 57.6 cm³/mol. The lowest BCUT2D eigenvalue weighted by Crippen LogP contribution is -2.18. The zero-order valence-electron chi connectivity index (χ0n) is 9.25. The molecule has 0 saturated heterocycles. The molecule has 3 rings (SSSR count). The fourth-order valence-corrected chi connectivity index (χ4v) is 2.25. The van der Waals surface area contributed by atoms with Gasteiger partial charge >= 0.3 is 0 Å². The number of aromatic nitrogens is 1. The summed E-state index contributed by atoms with van der Waals surface area (Å²) in [5, 5.41) is 3.50. The lowest BCUT2D eigenvalue weighted by molar-refractivity contribution is 0.434. The van der Waals surface area contributed by atoms with E-state index in [0.717, 1.165) is 24.0 Å². The SMILES string of the molecule is CCC1(c2ocnc2CNC2CC2)CC1. The van der Waals surface area contributed by atoms with Crippen molar-refractivity contribution in [2.24, 2.45) is 0 Å². The van der Waals surface area contributed by atoms with Crippen LogP contribution in [0.25, 0.3) is 0 Å². The number of nitrogens with one attached hydrogen (secondary N) is 1. The number of nitrogens with zero attached hydrogens (tertiary/aromatic N) is 1. The molecule has 0 unspecified atom stereocenters. The average Bonchev–Trinajstić information content (AvgIpc) is 3.17. The number of hydrogen-bond acceptors (Lipinski definition) is 3. The maximum atomic E-state index is 5.58. The van der Waals surface area contributed by atoms with Crippen molar-refractivity contribution in [3.8, 4) is 0 Å². The standard InChI is InChI=1S/C12H18N2O/c1-2-12(5-6-12)11-10(14-8-15-11)7-13-9-3-4-9/h8-9,13H,2-7H2,1H3. The first-order chi connectivity index (χ1) is 7.34. The molecule has 15 heavy (non-hydrogen) atoms. The van der Waals surface area contributed by atoms with E-state index in [2.05, 4.69) is 17.2 Å². The van der Waals surface area contributed by atoms with Gasteiger partial charge in [0.2, 0.25) is 0 Å². The highest BCUT2D eigenvalue weighted by Gasteiger charge is 2.47. The van der Waals surface area contributed by atoms with Crippen LogP contribution in [-0.4, -0.2) is 11.0 Å². The molecule has 0 aromatic carbocycles. The zero-order valence-corrected chi connectivity index (χ0v) is 9.25. The molecule has 0 radical (unpaired) electrons. The molecular formula is C12H18N2O. The van der Waals surface area contributed by atoms with Crippen molar-refractivity contribution in [3.05, 3.63) is 17.8 Å². The molecule has 0 spiro atoms. The quantitative estimate of drug-likeness (QED) is 0.803. The molecule has 82 valence electrons. The van der Waals surface area contributed by atoms with Crippen molar-refractivity contribution in [3.63, 3.8) is 0 Å². The summed E-state index contributed by atoms with van der Waals surface area (Å²) in [4.78, 5) is 4.34. The van der Waals surface area contributed by atoms with Crippen LogP contribution in [0.3, 0.4) is 0 Å². The highest BCUT2D eigenvalue weighted by molar-refractivity contribution is 5.26. The van der Waals surface area contributed by atoms with Crippen LogP contribution in [0.5, 0.6) is 0 Å². The van der Waals surface area contributed by atoms with Gasteiger partial charge in [-0.05, 0) is 32.1 Å². The summed E-state index contributed by atoms with van der Waals surface area (Å²) in [5.74, 6) is 1.15. The Hall–Kier alpha value is -0.830. The van der Waals surface area contributed by atoms with E-state index in [0.29, 0.717) is 5.41 Å². The summed E-state index contributed by atoms with van der Waals surface area (Å²) < 4.78 is 5.58. The predicted octanol–water partition coefficient (Wildman–Crippen LogP) is 2.37. The molecule has 2 fully saturated rings. The molecule has 0 aliphatic heterocycles. The van der Waals surface area contributed by atoms with Gasteiger partial charge in [0.15, 0.2) is 6.39 Å². The van der Waals surface area contributed by atoms with Crippen molar-refractivity contribution in [1.29, 1.82) is 0 Å². The second kappa shape index (κ2) is 3.34. The summed E-state index contributed by atoms with van der Waals surface area (Å²) in [7, 11) is 0. The monoisotopic (exact) mass is 206 g/mol. The fraction of sp³-hybridized carbons (Fsp3) is 0.750.